The van der Waals surface area contributed by atoms with E-state index in [0.29, 0.717) is 72.9 Å². The Hall–Kier alpha value is -8.07. The Bertz CT molecular complexity index is 4770. The van der Waals surface area contributed by atoms with Gasteiger partial charge in [0.2, 0.25) is 0 Å². The molecule has 0 aliphatic heterocycles. The number of rotatable bonds is 29. The second kappa shape index (κ2) is 38.4. The van der Waals surface area contributed by atoms with Crippen LogP contribution in [0, 0.1) is 0 Å². The molecule has 4 heterocycles. The van der Waals surface area contributed by atoms with Crippen LogP contribution in [0.25, 0.3) is 22.5 Å². The summed E-state index contributed by atoms with van der Waals surface area (Å²) in [6.07, 6.45) is 12.8. The molecule has 0 amide bonds. The van der Waals surface area contributed by atoms with Crippen LogP contribution in [0.2, 0.25) is 25.1 Å². The molecule has 4 aromatic heterocycles. The summed E-state index contributed by atoms with van der Waals surface area (Å²) in [7, 11) is 1.64. The fourth-order valence-electron chi connectivity index (χ4n) is 13.0. The molecule has 0 bridgehead atoms. The first kappa shape index (κ1) is 84.4. The smallest absolute Gasteiger partial charge is 0.161 e. The van der Waals surface area contributed by atoms with E-state index in [1.54, 1.807) is 69.4 Å². The van der Waals surface area contributed by atoms with Crippen LogP contribution in [-0.4, -0.2) is 91.8 Å². The van der Waals surface area contributed by atoms with Crippen molar-refractivity contribution in [1.29, 1.82) is 0 Å². The minimum absolute atomic E-state index is 0.0176. The van der Waals surface area contributed by atoms with Gasteiger partial charge in [-0.15, -0.1) is 0 Å². The summed E-state index contributed by atoms with van der Waals surface area (Å²) in [5.41, 5.74) is 10.6. The number of aromatic nitrogens is 8. The quantitative estimate of drug-likeness (QED) is 0.0431. The number of carbonyl (C=O) groups excluding carboxylic acids is 4. The van der Waals surface area contributed by atoms with E-state index in [1.165, 1.54) is 76.1 Å². The van der Waals surface area contributed by atoms with E-state index in [0.717, 1.165) is 96.2 Å². The van der Waals surface area contributed by atoms with E-state index in [2.05, 4.69) is 21.5 Å². The summed E-state index contributed by atoms with van der Waals surface area (Å²) < 4.78 is 36.7. The minimum atomic E-state index is -0.858. The van der Waals surface area contributed by atoms with E-state index in [9.17, 15) is 19.2 Å². The van der Waals surface area contributed by atoms with Gasteiger partial charge in [-0.25, -0.2) is 0 Å². The maximum absolute atomic E-state index is 11.8. The largest absolute Gasteiger partial charge is 0.497 e. The number of ether oxygens (including phenoxy) is 5. The molecule has 0 unspecified atom stereocenters. The minimum Gasteiger partial charge on any atom is -0.497 e. The monoisotopic (exact) mass is 1590 g/mol. The molecule has 3 aliphatic carbocycles. The highest BCUT2D eigenvalue weighted by molar-refractivity contribution is 6.32. The maximum Gasteiger partial charge on any atom is 0.161 e. The van der Waals surface area contributed by atoms with Gasteiger partial charge in [0.25, 0.3) is 0 Å². The number of ketones is 4. The Labute approximate surface area is 672 Å². The highest BCUT2D eigenvalue weighted by Gasteiger charge is 2.49. The fourth-order valence-corrected chi connectivity index (χ4v) is 13.9. The highest BCUT2D eigenvalue weighted by Crippen LogP contribution is 2.42. The zero-order valence-corrected chi connectivity index (χ0v) is 68.7. The van der Waals surface area contributed by atoms with Gasteiger partial charge in [0.1, 0.15) is 28.2 Å². The number of nitrogens with zero attached hydrogens (tertiary/aromatic N) is 8. The van der Waals surface area contributed by atoms with E-state index in [-0.39, 0.29) is 29.7 Å². The summed E-state index contributed by atoms with van der Waals surface area (Å²) in [5.74, 6) is 1.93. The molecule has 582 valence electrons. The van der Waals surface area contributed by atoms with Crippen LogP contribution >= 0.6 is 58.0 Å². The predicted octanol–water partition coefficient (Wildman–Crippen LogP) is 21.3. The molecule has 0 radical (unpaired) electrons. The van der Waals surface area contributed by atoms with Gasteiger partial charge in [0.15, 0.2) is 23.1 Å². The Morgan fingerprint density at radius 3 is 1.12 bits per heavy atom. The Morgan fingerprint density at radius 2 is 0.755 bits per heavy atom. The number of Topliss-reactive ketones (excluding diaryl/α,β-unsaturated/α-hetero) is 4. The van der Waals surface area contributed by atoms with Crippen molar-refractivity contribution in [2.75, 3.05) is 7.11 Å². The summed E-state index contributed by atoms with van der Waals surface area (Å²) >= 11 is 31.5. The molecule has 3 aliphatic rings. The van der Waals surface area contributed by atoms with Crippen LogP contribution in [0.5, 0.6) is 5.75 Å². The maximum atomic E-state index is 11.8. The van der Waals surface area contributed by atoms with E-state index in [1.807, 2.05) is 167 Å². The Balaban J connectivity index is 0.000000156. The van der Waals surface area contributed by atoms with Crippen molar-refractivity contribution in [3.63, 3.8) is 0 Å². The summed E-state index contributed by atoms with van der Waals surface area (Å²) in [6.45, 7) is 20.5. The average molecular weight is 1590 g/mol. The second-order valence-corrected chi connectivity index (χ2v) is 32.2. The lowest BCUT2D eigenvalue weighted by molar-refractivity contribution is -0.140. The van der Waals surface area contributed by atoms with Crippen LogP contribution in [0.4, 0.5) is 0 Å². The zero-order valence-electron chi connectivity index (χ0n) is 64.9. The number of methoxy groups -OCH3 is 1. The SMILES string of the molecule is CC(=O)C(C)(C)OCc1cc(C2CCCC2)n(Cc2ccccc2Cl)n1.CC(=O)C(C)(C)OCc1cc(C2CCCCC2)n(Cc2ccccc2Cl)n1.CC(=O)C1(OCc2cc(-c3ccc(Cl)cc3)n(Cc3ccccc3Cl)n2)CC1.COc1cccc(-c2cc(COC(C)(C)C(C)=O)nn2Cc2ccccc2Cl)c1. The predicted molar refractivity (Wildman–Crippen MR) is 437 cm³/mol. The van der Waals surface area contributed by atoms with Crippen LogP contribution in [0.1, 0.15) is 208 Å². The highest BCUT2D eigenvalue weighted by atomic mass is 35.5. The zero-order chi connectivity index (χ0) is 78.9. The van der Waals surface area contributed by atoms with Crippen LogP contribution in [-0.2, 0) is 90.7 Å². The third-order valence-corrected chi connectivity index (χ3v) is 22.7. The van der Waals surface area contributed by atoms with Crippen molar-refractivity contribution >= 4 is 81.1 Å². The number of hydrogen-bond donors (Lipinski definition) is 0. The van der Waals surface area contributed by atoms with Crippen molar-refractivity contribution in [2.24, 2.45) is 0 Å². The number of halogens is 5. The van der Waals surface area contributed by atoms with Gasteiger partial charge in [0, 0.05) is 53.9 Å². The molecule has 0 saturated heterocycles. The molecule has 6 aromatic carbocycles. The van der Waals surface area contributed by atoms with Gasteiger partial charge in [-0.05, 0) is 208 Å². The van der Waals surface area contributed by atoms with Gasteiger partial charge in [-0.1, -0.05) is 187 Å². The van der Waals surface area contributed by atoms with Gasteiger partial charge in [-0.2, -0.15) is 20.4 Å². The first-order valence-electron chi connectivity index (χ1n) is 37.7. The molecule has 13 rings (SSSR count). The third-order valence-electron chi connectivity index (χ3n) is 20.9. The Morgan fingerprint density at radius 1 is 0.409 bits per heavy atom. The van der Waals surface area contributed by atoms with Crippen molar-refractivity contribution < 1.29 is 42.9 Å². The lowest BCUT2D eigenvalue weighted by Gasteiger charge is -2.22. The van der Waals surface area contributed by atoms with Crippen molar-refractivity contribution in [3.8, 4) is 28.3 Å². The first-order valence-corrected chi connectivity index (χ1v) is 39.6. The van der Waals surface area contributed by atoms with Gasteiger partial charge in [0.05, 0.1) is 93.9 Å². The van der Waals surface area contributed by atoms with Crippen LogP contribution in [0.15, 0.2) is 170 Å². The van der Waals surface area contributed by atoms with Gasteiger partial charge < -0.3 is 23.7 Å². The van der Waals surface area contributed by atoms with Crippen molar-refractivity contribution in [3.05, 3.63) is 251 Å². The molecule has 0 atom stereocenters. The van der Waals surface area contributed by atoms with E-state index >= 15 is 0 Å². The standard InChI is InChI=1S/C23H25ClN2O3.C22H20Cl2N2O2.C22H29ClN2O2.C21H27ClN2O2/c1-16(27)23(2,3)29-15-19-13-22(17-9-7-10-20(12-17)28-4)26(25-19)14-18-8-5-6-11-21(18)24;1-15(27)22(10-11-22)28-14-19-12-21(16-6-8-18(23)9-7-16)26(25-19)13-17-4-2-3-5-20(17)24;1-16(26)22(2,3)27-15-19-13-21(17-9-5-4-6-10-17)25(24-19)14-18-11-7-8-12-20(18)23;1-15(25)21(2,3)26-14-18-12-20(16-8-4-5-9-16)24(23-18)13-17-10-6-7-11-19(17)22/h5-13H,14-15H2,1-4H3;2-9,12H,10-11,13-14H2,1H3;7-8,11-13,17H,4-6,9-10,14-15H2,1-3H3;6-7,10-12,16H,4-5,8-9,13-14H2,1-3H3. The van der Waals surface area contributed by atoms with Crippen molar-refractivity contribution in [1.82, 2.24) is 39.1 Å². The molecular weight excluding hydrogens is 1490 g/mol. The average Bonchev–Trinajstić information content (AvgIpc) is 1.64. The normalized spacial score (nSPS) is 14.4. The lowest BCUT2D eigenvalue weighted by Crippen LogP contribution is -2.32. The van der Waals surface area contributed by atoms with Crippen LogP contribution < -0.4 is 4.74 Å². The summed E-state index contributed by atoms with van der Waals surface area (Å²) in [5, 5.41) is 22.6. The number of carbonyl (C=O) groups is 4. The topological polar surface area (TPSA) is 186 Å². The van der Waals surface area contributed by atoms with Gasteiger partial charge >= 0.3 is 0 Å². The molecule has 3 saturated carbocycles. The molecular formula is C88H101Cl5N8O9. The first-order chi connectivity index (χ1) is 52.5. The van der Waals surface area contributed by atoms with E-state index < -0.39 is 22.4 Å². The molecule has 0 spiro atoms. The molecule has 10 aromatic rings. The number of benzene rings is 6. The van der Waals surface area contributed by atoms with Gasteiger partial charge in [-0.3, -0.25) is 37.9 Å². The summed E-state index contributed by atoms with van der Waals surface area (Å²) in [6, 6.07) is 54.9. The van der Waals surface area contributed by atoms with Crippen molar-refractivity contribution in [2.45, 2.75) is 227 Å². The number of hydrogen-bond acceptors (Lipinski definition) is 13. The fraction of sp³-hybridized carbons (Fsp3) is 0.409. The second-order valence-electron chi connectivity index (χ2n) is 30.1. The molecule has 3 fully saturated rings. The lowest BCUT2D eigenvalue weighted by atomic mass is 9.87. The molecule has 17 nitrogen and oxygen atoms in total. The Kier molecular flexibility index (Phi) is 29.5. The van der Waals surface area contributed by atoms with Crippen LogP contribution in [0.3, 0.4) is 0 Å². The molecule has 0 N–H and O–H groups in total. The summed E-state index contributed by atoms with van der Waals surface area (Å²) in [4.78, 5) is 46.9. The molecule has 22 heteroatoms. The third kappa shape index (κ3) is 23.1. The van der Waals surface area contributed by atoms with E-state index in [4.69, 9.17) is 102 Å². The molecule has 110 heavy (non-hydrogen) atoms.